The van der Waals surface area contributed by atoms with Gasteiger partial charge in [-0.15, -0.1) is 11.3 Å². The molecule has 0 amide bonds. The largest absolute Gasteiger partial charge is 0.293 e. The predicted octanol–water partition coefficient (Wildman–Crippen LogP) is 5.15. The lowest BCUT2D eigenvalue weighted by molar-refractivity contribution is 0.0995. The molecular weight excluding hydrogens is 430 g/mol. The van der Waals surface area contributed by atoms with Gasteiger partial charge < -0.3 is 0 Å². The molecule has 1 aliphatic heterocycles. The minimum absolute atomic E-state index is 0.0859. The van der Waals surface area contributed by atoms with Crippen molar-refractivity contribution in [1.82, 2.24) is 15.0 Å². The van der Waals surface area contributed by atoms with Crippen LogP contribution in [0.4, 0.5) is 14.5 Å². The number of halogens is 2. The number of nitrogens with zero attached hydrogens (tertiary/aromatic N) is 4. The summed E-state index contributed by atoms with van der Waals surface area (Å²) < 4.78 is 30.0. The maximum absolute atomic E-state index is 15.3. The summed E-state index contributed by atoms with van der Waals surface area (Å²) in [5, 5.41) is 1.79. The van der Waals surface area contributed by atoms with Gasteiger partial charge in [0.25, 0.3) is 0 Å². The summed E-state index contributed by atoms with van der Waals surface area (Å²) in [5.41, 5.74) is 3.17. The van der Waals surface area contributed by atoms with Gasteiger partial charge in [-0.1, -0.05) is 12.1 Å². The van der Waals surface area contributed by atoms with E-state index in [-0.39, 0.29) is 29.8 Å². The fourth-order valence-corrected chi connectivity index (χ4v) is 4.39. The van der Waals surface area contributed by atoms with Crippen LogP contribution in [0.25, 0.3) is 11.3 Å². The molecule has 32 heavy (non-hydrogen) atoms. The molecule has 5 nitrogen and oxygen atoms in total. The third-order valence-electron chi connectivity index (χ3n) is 5.31. The molecule has 4 aromatic rings. The van der Waals surface area contributed by atoms with Crippen molar-refractivity contribution in [3.05, 3.63) is 93.3 Å². The van der Waals surface area contributed by atoms with E-state index in [1.807, 2.05) is 0 Å². The van der Waals surface area contributed by atoms with Crippen LogP contribution in [0, 0.1) is 11.6 Å². The lowest BCUT2D eigenvalue weighted by atomic mass is 9.97. The van der Waals surface area contributed by atoms with Crippen LogP contribution in [0.5, 0.6) is 0 Å². The van der Waals surface area contributed by atoms with E-state index in [1.165, 1.54) is 29.8 Å². The number of benzene rings is 1. The average molecular weight is 446 g/mol. The Morgan fingerprint density at radius 3 is 2.81 bits per heavy atom. The van der Waals surface area contributed by atoms with Gasteiger partial charge in [0, 0.05) is 42.8 Å². The van der Waals surface area contributed by atoms with Crippen LogP contribution >= 0.6 is 11.3 Å². The Labute approximate surface area is 186 Å². The third-order valence-corrected chi connectivity index (χ3v) is 6.22. The van der Waals surface area contributed by atoms with Gasteiger partial charge in [0.2, 0.25) is 0 Å². The molecule has 0 radical (unpaired) electrons. The molecule has 0 unspecified atom stereocenters. The Bertz CT molecular complexity index is 1350. The Hall–Kier alpha value is -3.65. The summed E-state index contributed by atoms with van der Waals surface area (Å²) in [6.45, 7) is 0. The van der Waals surface area contributed by atoms with Crippen LogP contribution in [0.3, 0.4) is 0 Å². The number of pyridine rings is 1. The minimum Gasteiger partial charge on any atom is -0.293 e. The summed E-state index contributed by atoms with van der Waals surface area (Å²) in [7, 11) is 0. The van der Waals surface area contributed by atoms with Gasteiger partial charge in [0.15, 0.2) is 5.78 Å². The maximum Gasteiger partial charge on any atom is 0.177 e. The minimum atomic E-state index is -0.725. The molecule has 0 N–H and O–H groups in total. The van der Waals surface area contributed by atoms with Gasteiger partial charge in [-0.3, -0.25) is 14.8 Å². The van der Waals surface area contributed by atoms with E-state index in [1.54, 1.807) is 42.1 Å². The summed E-state index contributed by atoms with van der Waals surface area (Å²) in [4.78, 5) is 30.3. The van der Waals surface area contributed by atoms with Crippen molar-refractivity contribution in [2.75, 3.05) is 0 Å². The Balaban J connectivity index is 1.51. The highest BCUT2D eigenvalue weighted by Gasteiger charge is 2.22. The lowest BCUT2D eigenvalue weighted by Crippen LogP contribution is -2.08. The van der Waals surface area contributed by atoms with E-state index < -0.39 is 11.6 Å². The Morgan fingerprint density at radius 1 is 1.06 bits per heavy atom. The second-order valence-corrected chi connectivity index (χ2v) is 8.23. The number of fused-ring (bicyclic) bond motifs is 1. The van der Waals surface area contributed by atoms with Crippen LogP contribution < -0.4 is 0 Å². The van der Waals surface area contributed by atoms with Crippen molar-refractivity contribution in [2.24, 2.45) is 4.99 Å². The first-order chi connectivity index (χ1) is 15.6. The molecule has 3 aromatic heterocycles. The zero-order chi connectivity index (χ0) is 22.1. The molecule has 0 bridgehead atoms. The number of aliphatic imine (C=N–C) groups is 1. The summed E-state index contributed by atoms with van der Waals surface area (Å²) in [6, 6.07) is 9.53. The predicted molar refractivity (Wildman–Crippen MR) is 119 cm³/mol. The smallest absolute Gasteiger partial charge is 0.177 e. The molecular formula is C24H16F2N4OS. The number of rotatable bonds is 6. The van der Waals surface area contributed by atoms with E-state index in [2.05, 4.69) is 19.9 Å². The van der Waals surface area contributed by atoms with Gasteiger partial charge >= 0.3 is 0 Å². The highest BCUT2D eigenvalue weighted by atomic mass is 32.1. The fraction of sp³-hybridized carbons (Fsp3) is 0.125. The maximum atomic E-state index is 15.3. The molecule has 158 valence electrons. The van der Waals surface area contributed by atoms with Crippen LogP contribution in [-0.4, -0.2) is 26.9 Å². The van der Waals surface area contributed by atoms with E-state index in [4.69, 9.17) is 0 Å². The Kier molecular flexibility index (Phi) is 5.36. The number of hydrogen-bond acceptors (Lipinski definition) is 6. The third kappa shape index (κ3) is 3.73. The van der Waals surface area contributed by atoms with Crippen molar-refractivity contribution >= 4 is 29.0 Å². The van der Waals surface area contributed by atoms with Crippen LogP contribution in [-0.2, 0) is 19.3 Å². The van der Waals surface area contributed by atoms with Crippen molar-refractivity contribution < 1.29 is 13.6 Å². The topological polar surface area (TPSA) is 68.1 Å². The number of thiophene rings is 1. The first-order valence-corrected chi connectivity index (χ1v) is 10.8. The normalized spacial score (nSPS) is 12.2. The molecule has 0 aliphatic carbocycles. The molecule has 0 atom stereocenters. The van der Waals surface area contributed by atoms with Crippen molar-refractivity contribution in [3.8, 4) is 11.3 Å². The number of carbonyl (C=O) groups is 1. The summed E-state index contributed by atoms with van der Waals surface area (Å²) in [6.07, 6.45) is 5.18. The standard InChI is InChI=1S/C24H16F2N4OS/c25-17-6-5-14(11-20(31)21-4-2-10-32-21)22(26)16(17)12-19-15(3-1-8-27-19)23-24-18(7-9-28-24)29-13-30-23/h1-6,8-10,13H,7,11-12H2. The summed E-state index contributed by atoms with van der Waals surface area (Å²) in [5.74, 6) is -1.61. The molecule has 4 heterocycles. The zero-order valence-corrected chi connectivity index (χ0v) is 17.6. The molecule has 0 saturated carbocycles. The first-order valence-electron chi connectivity index (χ1n) is 9.95. The van der Waals surface area contributed by atoms with Gasteiger partial charge in [-0.2, -0.15) is 0 Å². The number of aromatic nitrogens is 3. The van der Waals surface area contributed by atoms with E-state index in [0.29, 0.717) is 33.9 Å². The molecule has 5 rings (SSSR count). The van der Waals surface area contributed by atoms with Gasteiger partial charge in [-0.25, -0.2) is 18.7 Å². The van der Waals surface area contributed by atoms with E-state index in [0.717, 1.165) is 5.69 Å². The molecule has 1 aromatic carbocycles. The molecule has 0 saturated heterocycles. The monoisotopic (exact) mass is 446 g/mol. The van der Waals surface area contributed by atoms with Crippen LogP contribution in [0.2, 0.25) is 0 Å². The molecule has 0 fully saturated rings. The van der Waals surface area contributed by atoms with Crippen molar-refractivity contribution in [2.45, 2.75) is 19.3 Å². The quantitative estimate of drug-likeness (QED) is 0.384. The fourth-order valence-electron chi connectivity index (χ4n) is 3.72. The first kappa shape index (κ1) is 20.3. The number of ketones is 1. The van der Waals surface area contributed by atoms with Gasteiger partial charge in [-0.05, 0) is 35.2 Å². The number of carbonyl (C=O) groups excluding carboxylic acids is 1. The molecule has 1 aliphatic rings. The molecule has 0 spiro atoms. The molecule has 8 heteroatoms. The Morgan fingerprint density at radius 2 is 1.97 bits per heavy atom. The number of hydrogen-bond donors (Lipinski definition) is 0. The van der Waals surface area contributed by atoms with Crippen molar-refractivity contribution in [3.63, 3.8) is 0 Å². The van der Waals surface area contributed by atoms with Crippen LogP contribution in [0.15, 0.2) is 59.3 Å². The van der Waals surface area contributed by atoms with E-state index in [9.17, 15) is 9.18 Å². The second-order valence-electron chi connectivity index (χ2n) is 7.28. The van der Waals surface area contributed by atoms with E-state index >= 15 is 4.39 Å². The summed E-state index contributed by atoms with van der Waals surface area (Å²) >= 11 is 1.30. The highest BCUT2D eigenvalue weighted by molar-refractivity contribution is 7.12. The highest BCUT2D eigenvalue weighted by Crippen LogP contribution is 2.35. The van der Waals surface area contributed by atoms with Crippen LogP contribution in [0.1, 0.15) is 32.2 Å². The lowest BCUT2D eigenvalue weighted by Gasteiger charge is -2.13. The SMILES string of the molecule is O=C(Cc1ccc(F)c(Cc2ncccc2-c2ncnc3c2N=CC3)c1F)c1cccs1. The van der Waals surface area contributed by atoms with Crippen molar-refractivity contribution in [1.29, 1.82) is 0 Å². The van der Waals surface area contributed by atoms with Gasteiger partial charge in [0.1, 0.15) is 29.3 Å². The average Bonchev–Trinajstić information content (AvgIpc) is 3.51. The second kappa shape index (κ2) is 8.47. The number of Topliss-reactive ketones (excluding diaryl/α,β-unsaturated/α-hetero) is 1. The van der Waals surface area contributed by atoms with Gasteiger partial charge in [0.05, 0.1) is 16.3 Å². The zero-order valence-electron chi connectivity index (χ0n) is 16.8.